The molecule has 0 aromatic heterocycles. The third kappa shape index (κ3) is 3.69. The van der Waals surface area contributed by atoms with Crippen LogP contribution in [0.2, 0.25) is 0 Å². The second-order valence-electron chi connectivity index (χ2n) is 5.54. The van der Waals surface area contributed by atoms with Gasteiger partial charge in [-0.15, -0.1) is 5.92 Å². The lowest BCUT2D eigenvalue weighted by Gasteiger charge is -2.43. The molecule has 2 fully saturated rings. The average molecular weight is 250 g/mol. The third-order valence-corrected chi connectivity index (χ3v) is 4.00. The van der Waals surface area contributed by atoms with Crippen LogP contribution >= 0.6 is 0 Å². The molecule has 102 valence electrons. The van der Waals surface area contributed by atoms with E-state index in [4.69, 9.17) is 5.73 Å². The number of rotatable bonds is 5. The molecule has 4 heteroatoms. The minimum Gasteiger partial charge on any atom is -0.325 e. The van der Waals surface area contributed by atoms with Crippen molar-refractivity contribution in [3.8, 4) is 11.8 Å². The third-order valence-electron chi connectivity index (χ3n) is 4.00. The number of likely N-dealkylation sites (N-methyl/N-ethyl adjacent to an activating group) is 2. The molecule has 0 unspecified atom stereocenters. The first kappa shape index (κ1) is 13.8. The van der Waals surface area contributed by atoms with Crippen LogP contribution in [0.25, 0.3) is 0 Å². The van der Waals surface area contributed by atoms with Crippen molar-refractivity contribution in [1.82, 2.24) is 14.7 Å². The molecular formula is C14H26N4. The first-order valence-electron chi connectivity index (χ1n) is 7.05. The van der Waals surface area contributed by atoms with E-state index in [1.165, 1.54) is 19.6 Å². The zero-order valence-corrected chi connectivity index (χ0v) is 11.7. The van der Waals surface area contributed by atoms with Crippen LogP contribution in [-0.2, 0) is 0 Å². The summed E-state index contributed by atoms with van der Waals surface area (Å²) >= 11 is 0. The Bertz CT molecular complexity index is 307. The van der Waals surface area contributed by atoms with E-state index in [-0.39, 0.29) is 0 Å². The highest BCUT2D eigenvalue weighted by Crippen LogP contribution is 2.11. The predicted octanol–water partition coefficient (Wildman–Crippen LogP) is -0.341. The standard InChI is InChI=1S/C14H26N4/c1-3-17-11-14(12-17)16(2)7-5-4-6-8-18-9-13(15)10-18/h13-14H,3,6-12,15H2,1-2H3. The van der Waals surface area contributed by atoms with Crippen molar-refractivity contribution in [3.63, 3.8) is 0 Å². The Kier molecular flexibility index (Phi) is 5.02. The minimum atomic E-state index is 0.407. The van der Waals surface area contributed by atoms with Gasteiger partial charge in [0.05, 0.1) is 6.54 Å². The van der Waals surface area contributed by atoms with Gasteiger partial charge in [0, 0.05) is 51.2 Å². The van der Waals surface area contributed by atoms with Crippen LogP contribution in [0.15, 0.2) is 0 Å². The Morgan fingerprint density at radius 2 is 1.89 bits per heavy atom. The highest BCUT2D eigenvalue weighted by atomic mass is 15.3. The van der Waals surface area contributed by atoms with Crippen LogP contribution in [0.5, 0.6) is 0 Å². The van der Waals surface area contributed by atoms with Crippen molar-refractivity contribution in [1.29, 1.82) is 0 Å². The predicted molar refractivity (Wildman–Crippen MR) is 75.3 cm³/mol. The Balaban J connectivity index is 1.52. The molecule has 4 nitrogen and oxygen atoms in total. The highest BCUT2D eigenvalue weighted by Gasteiger charge is 2.27. The highest BCUT2D eigenvalue weighted by molar-refractivity contribution is 5.03. The van der Waals surface area contributed by atoms with Crippen molar-refractivity contribution in [2.75, 3.05) is 52.9 Å². The van der Waals surface area contributed by atoms with Gasteiger partial charge < -0.3 is 10.6 Å². The van der Waals surface area contributed by atoms with Gasteiger partial charge in [-0.25, -0.2) is 0 Å². The summed E-state index contributed by atoms with van der Waals surface area (Å²) in [6.45, 7) is 9.90. The molecule has 18 heavy (non-hydrogen) atoms. The summed E-state index contributed by atoms with van der Waals surface area (Å²) < 4.78 is 0. The van der Waals surface area contributed by atoms with Crippen molar-refractivity contribution in [2.24, 2.45) is 5.73 Å². The van der Waals surface area contributed by atoms with Crippen molar-refractivity contribution >= 4 is 0 Å². The summed E-state index contributed by atoms with van der Waals surface area (Å²) in [5.74, 6) is 6.55. The number of nitrogens with two attached hydrogens (primary N) is 1. The van der Waals surface area contributed by atoms with Crippen molar-refractivity contribution < 1.29 is 0 Å². The van der Waals surface area contributed by atoms with E-state index >= 15 is 0 Å². The smallest absolute Gasteiger partial charge is 0.0602 e. The molecular weight excluding hydrogens is 224 g/mol. The lowest BCUT2D eigenvalue weighted by molar-refractivity contribution is 0.0616. The number of hydrogen-bond donors (Lipinski definition) is 1. The van der Waals surface area contributed by atoms with Crippen LogP contribution in [0, 0.1) is 11.8 Å². The normalized spacial score (nSPS) is 22.4. The first-order valence-corrected chi connectivity index (χ1v) is 7.05. The molecule has 2 aliphatic rings. The van der Waals surface area contributed by atoms with E-state index in [0.29, 0.717) is 12.1 Å². The Labute approximate surface area is 111 Å². The van der Waals surface area contributed by atoms with E-state index in [1.807, 2.05) is 0 Å². The molecule has 0 aliphatic carbocycles. The van der Waals surface area contributed by atoms with Gasteiger partial charge in [0.25, 0.3) is 0 Å². The molecule has 2 saturated heterocycles. The maximum atomic E-state index is 5.73. The Morgan fingerprint density at radius 3 is 2.50 bits per heavy atom. The molecule has 2 N–H and O–H groups in total. The molecule has 0 spiro atoms. The van der Waals surface area contributed by atoms with E-state index in [2.05, 4.69) is 40.5 Å². The molecule has 2 heterocycles. The molecule has 0 radical (unpaired) electrons. The van der Waals surface area contributed by atoms with E-state index in [0.717, 1.165) is 32.6 Å². The maximum Gasteiger partial charge on any atom is 0.0602 e. The van der Waals surface area contributed by atoms with Gasteiger partial charge in [-0.3, -0.25) is 9.80 Å². The number of likely N-dealkylation sites (tertiary alicyclic amines) is 2. The molecule has 0 bridgehead atoms. The molecule has 0 aromatic carbocycles. The molecule has 0 amide bonds. The fourth-order valence-electron chi connectivity index (χ4n) is 2.48. The zero-order valence-electron chi connectivity index (χ0n) is 11.7. The van der Waals surface area contributed by atoms with Gasteiger partial charge in [0.15, 0.2) is 0 Å². The number of nitrogens with zero attached hydrogens (tertiary/aromatic N) is 3. The average Bonchev–Trinajstić information content (AvgIpc) is 2.24. The topological polar surface area (TPSA) is 35.7 Å². The summed E-state index contributed by atoms with van der Waals surface area (Å²) in [6.07, 6.45) is 0.978. The van der Waals surface area contributed by atoms with Gasteiger partial charge in [-0.2, -0.15) is 0 Å². The fourth-order valence-corrected chi connectivity index (χ4v) is 2.48. The largest absolute Gasteiger partial charge is 0.325 e. The minimum absolute atomic E-state index is 0.407. The van der Waals surface area contributed by atoms with Crippen LogP contribution in [-0.4, -0.2) is 79.6 Å². The molecule has 2 rings (SSSR count). The monoisotopic (exact) mass is 250 g/mol. The summed E-state index contributed by atoms with van der Waals surface area (Å²) in [4.78, 5) is 7.20. The van der Waals surface area contributed by atoms with Gasteiger partial charge in [0.2, 0.25) is 0 Å². The fraction of sp³-hybridized carbons (Fsp3) is 0.857. The quantitative estimate of drug-likeness (QED) is 0.677. The molecule has 0 atom stereocenters. The summed E-state index contributed by atoms with van der Waals surface area (Å²) in [5, 5.41) is 0. The Morgan fingerprint density at radius 1 is 1.17 bits per heavy atom. The van der Waals surface area contributed by atoms with Gasteiger partial charge in [-0.05, 0) is 13.6 Å². The SMILES string of the molecule is CCN1CC(N(C)CC#CCCN2CC(N)C2)C1. The van der Waals surface area contributed by atoms with E-state index in [9.17, 15) is 0 Å². The van der Waals surface area contributed by atoms with Crippen LogP contribution < -0.4 is 5.73 Å². The summed E-state index contributed by atoms with van der Waals surface area (Å²) in [5.41, 5.74) is 5.73. The maximum absolute atomic E-state index is 5.73. The molecule has 2 aliphatic heterocycles. The lowest BCUT2D eigenvalue weighted by atomic mass is 10.1. The zero-order chi connectivity index (χ0) is 13.0. The van der Waals surface area contributed by atoms with Gasteiger partial charge >= 0.3 is 0 Å². The van der Waals surface area contributed by atoms with E-state index < -0.39 is 0 Å². The Hall–Kier alpha value is -0.600. The summed E-state index contributed by atoms with van der Waals surface area (Å²) in [6, 6.07) is 1.12. The van der Waals surface area contributed by atoms with Crippen LogP contribution in [0.4, 0.5) is 0 Å². The molecule has 0 aromatic rings. The van der Waals surface area contributed by atoms with Crippen molar-refractivity contribution in [3.05, 3.63) is 0 Å². The van der Waals surface area contributed by atoms with Crippen LogP contribution in [0.3, 0.4) is 0 Å². The number of hydrogen-bond acceptors (Lipinski definition) is 4. The van der Waals surface area contributed by atoms with Gasteiger partial charge in [-0.1, -0.05) is 12.8 Å². The lowest BCUT2D eigenvalue weighted by Crippen LogP contribution is -2.58. The second-order valence-corrected chi connectivity index (χ2v) is 5.54. The second kappa shape index (κ2) is 6.53. The van der Waals surface area contributed by atoms with E-state index in [1.54, 1.807) is 0 Å². The van der Waals surface area contributed by atoms with Crippen LogP contribution in [0.1, 0.15) is 13.3 Å². The molecule has 0 saturated carbocycles. The van der Waals surface area contributed by atoms with Crippen molar-refractivity contribution in [2.45, 2.75) is 25.4 Å². The summed E-state index contributed by atoms with van der Waals surface area (Å²) in [7, 11) is 2.18. The first-order chi connectivity index (χ1) is 8.69. The van der Waals surface area contributed by atoms with Gasteiger partial charge in [0.1, 0.15) is 0 Å².